The number of nitrogens with zero attached hydrogens (tertiary/aromatic N) is 3. The van der Waals surface area contributed by atoms with E-state index in [0.29, 0.717) is 19.0 Å². The lowest BCUT2D eigenvalue weighted by Crippen LogP contribution is -2.34. The first-order valence-electron chi connectivity index (χ1n) is 10.1. The molecule has 29 heavy (non-hydrogen) atoms. The summed E-state index contributed by atoms with van der Waals surface area (Å²) in [5.41, 5.74) is 5.22. The van der Waals surface area contributed by atoms with Crippen molar-refractivity contribution < 1.29 is 4.79 Å². The van der Waals surface area contributed by atoms with Crippen LogP contribution >= 0.6 is 0 Å². The molecule has 2 aromatic carbocycles. The van der Waals surface area contributed by atoms with Crippen molar-refractivity contribution in [3.05, 3.63) is 78.1 Å². The van der Waals surface area contributed by atoms with E-state index in [1.54, 1.807) is 4.68 Å². The van der Waals surface area contributed by atoms with Crippen molar-refractivity contribution in [1.82, 2.24) is 19.7 Å². The van der Waals surface area contributed by atoms with E-state index in [1.165, 1.54) is 0 Å². The van der Waals surface area contributed by atoms with Gasteiger partial charge in [0, 0.05) is 30.2 Å². The van der Waals surface area contributed by atoms with E-state index in [4.69, 9.17) is 0 Å². The molecule has 0 aliphatic heterocycles. The highest BCUT2D eigenvalue weighted by atomic mass is 16.2. The molecule has 0 spiro atoms. The smallest absolute Gasteiger partial charge is 0.227 e. The molecular formula is C24H24N4O. The Labute approximate surface area is 170 Å². The van der Waals surface area contributed by atoms with Gasteiger partial charge in [-0.1, -0.05) is 48.5 Å². The minimum Gasteiger partial charge on any atom is -0.354 e. The molecule has 146 valence electrons. The number of H-pyrrole nitrogens is 1. The predicted molar refractivity (Wildman–Crippen MR) is 114 cm³/mol. The molecule has 5 heteroatoms. The molecule has 0 unspecified atom stereocenters. The van der Waals surface area contributed by atoms with Crippen LogP contribution in [-0.2, 0) is 24.8 Å². The van der Waals surface area contributed by atoms with E-state index in [0.717, 1.165) is 46.3 Å². The number of benzene rings is 2. The first-order chi connectivity index (χ1) is 14.2. The van der Waals surface area contributed by atoms with Crippen molar-refractivity contribution in [3.63, 3.8) is 0 Å². The van der Waals surface area contributed by atoms with Crippen LogP contribution in [0.5, 0.6) is 0 Å². The van der Waals surface area contributed by atoms with Crippen LogP contribution in [0.15, 0.2) is 66.9 Å². The summed E-state index contributed by atoms with van der Waals surface area (Å²) in [6, 6.07) is 20.8. The highest BCUT2D eigenvalue weighted by Gasteiger charge is 2.33. The highest BCUT2D eigenvalue weighted by molar-refractivity contribution is 5.95. The Morgan fingerprint density at radius 3 is 2.59 bits per heavy atom. The van der Waals surface area contributed by atoms with Crippen molar-refractivity contribution in [1.29, 1.82) is 0 Å². The normalized spacial score (nSPS) is 13.7. The van der Waals surface area contributed by atoms with Crippen LogP contribution < -0.4 is 0 Å². The number of nitrogens with one attached hydrogen (secondary N) is 1. The number of fused-ring (bicyclic) bond motifs is 1. The third-order valence-electron chi connectivity index (χ3n) is 5.61. The summed E-state index contributed by atoms with van der Waals surface area (Å²) in [7, 11) is 1.91. The Morgan fingerprint density at radius 1 is 1.10 bits per heavy atom. The van der Waals surface area contributed by atoms with Crippen LogP contribution in [0.2, 0.25) is 0 Å². The molecule has 2 aromatic heterocycles. The number of rotatable bonds is 6. The van der Waals surface area contributed by atoms with Crippen LogP contribution in [0.25, 0.3) is 22.2 Å². The molecule has 5 rings (SSSR count). The maximum Gasteiger partial charge on any atom is 0.227 e. The molecule has 1 aliphatic carbocycles. The summed E-state index contributed by atoms with van der Waals surface area (Å²) in [4.78, 5) is 19.0. The standard InChI is InChI=1S/C24H24N4O/c1-27-14-13-18(26-27)16-28(19-11-12-19)23(29)15-21-20-9-5-6-10-22(20)25-24(21)17-7-3-2-4-8-17/h2-10,13-14,19,25H,11-12,15-16H2,1H3. The second-order valence-corrected chi connectivity index (χ2v) is 7.80. The zero-order valence-corrected chi connectivity index (χ0v) is 16.5. The second-order valence-electron chi connectivity index (χ2n) is 7.80. The zero-order valence-electron chi connectivity index (χ0n) is 16.5. The lowest BCUT2D eigenvalue weighted by atomic mass is 10.0. The van der Waals surface area contributed by atoms with Gasteiger partial charge in [0.2, 0.25) is 5.91 Å². The van der Waals surface area contributed by atoms with E-state index >= 15 is 0 Å². The lowest BCUT2D eigenvalue weighted by molar-refractivity contribution is -0.131. The molecule has 1 fully saturated rings. The highest BCUT2D eigenvalue weighted by Crippen LogP contribution is 2.33. The van der Waals surface area contributed by atoms with Crippen LogP contribution in [-0.4, -0.2) is 31.6 Å². The molecular weight excluding hydrogens is 360 g/mol. The molecule has 4 aromatic rings. The molecule has 1 amide bonds. The summed E-state index contributed by atoms with van der Waals surface area (Å²) < 4.78 is 1.79. The summed E-state index contributed by atoms with van der Waals surface area (Å²) in [6.45, 7) is 0.577. The first-order valence-corrected chi connectivity index (χ1v) is 10.1. The fraction of sp³-hybridized carbons (Fsp3) is 0.250. The summed E-state index contributed by atoms with van der Waals surface area (Å²) in [6.07, 6.45) is 4.48. The number of hydrogen-bond donors (Lipinski definition) is 1. The Hall–Kier alpha value is -3.34. The van der Waals surface area contributed by atoms with Crippen LogP contribution in [0.3, 0.4) is 0 Å². The van der Waals surface area contributed by atoms with Gasteiger partial charge in [-0.15, -0.1) is 0 Å². The Morgan fingerprint density at radius 2 is 1.86 bits per heavy atom. The summed E-state index contributed by atoms with van der Waals surface area (Å²) in [5, 5.41) is 5.59. The topological polar surface area (TPSA) is 53.9 Å². The molecule has 0 atom stereocenters. The third kappa shape index (κ3) is 3.56. The monoisotopic (exact) mass is 384 g/mol. The van der Waals surface area contributed by atoms with E-state index in [2.05, 4.69) is 34.3 Å². The Balaban J connectivity index is 1.49. The predicted octanol–water partition coefficient (Wildman–Crippen LogP) is 4.30. The van der Waals surface area contributed by atoms with Crippen LogP contribution in [0.4, 0.5) is 0 Å². The van der Waals surface area contributed by atoms with Crippen LogP contribution in [0, 0.1) is 0 Å². The van der Waals surface area contributed by atoms with Crippen molar-refractivity contribution in [3.8, 4) is 11.3 Å². The number of hydrogen-bond acceptors (Lipinski definition) is 2. The Kier molecular flexibility index (Phi) is 4.43. The van der Waals surface area contributed by atoms with E-state index < -0.39 is 0 Å². The van der Waals surface area contributed by atoms with Gasteiger partial charge in [0.15, 0.2) is 0 Å². The average molecular weight is 384 g/mol. The summed E-state index contributed by atoms with van der Waals surface area (Å²) >= 11 is 0. The number of aromatic amines is 1. The third-order valence-corrected chi connectivity index (χ3v) is 5.61. The zero-order chi connectivity index (χ0) is 19.8. The summed E-state index contributed by atoms with van der Waals surface area (Å²) in [5.74, 6) is 0.167. The van der Waals surface area contributed by atoms with Crippen molar-refractivity contribution in [2.45, 2.75) is 31.8 Å². The van der Waals surface area contributed by atoms with Gasteiger partial charge < -0.3 is 9.88 Å². The molecule has 1 aliphatic rings. The molecule has 0 radical (unpaired) electrons. The van der Waals surface area contributed by atoms with Crippen molar-refractivity contribution in [2.75, 3.05) is 0 Å². The number of amides is 1. The van der Waals surface area contributed by atoms with E-state index in [9.17, 15) is 4.79 Å². The van der Waals surface area contributed by atoms with Gasteiger partial charge in [-0.3, -0.25) is 9.48 Å². The van der Waals surface area contributed by atoms with Crippen molar-refractivity contribution >= 4 is 16.8 Å². The van der Waals surface area contributed by atoms with Gasteiger partial charge >= 0.3 is 0 Å². The molecule has 2 heterocycles. The van der Waals surface area contributed by atoms with Crippen molar-refractivity contribution in [2.24, 2.45) is 7.05 Å². The molecule has 0 saturated heterocycles. The average Bonchev–Trinajstić information content (AvgIpc) is 3.41. The second kappa shape index (κ2) is 7.24. The SMILES string of the molecule is Cn1ccc(CN(C(=O)Cc2c(-c3ccccc3)[nH]c3ccccc23)C2CC2)n1. The minimum absolute atomic E-state index is 0.167. The number of carbonyl (C=O) groups is 1. The minimum atomic E-state index is 0.167. The van der Waals surface area contributed by atoms with Gasteiger partial charge in [0.25, 0.3) is 0 Å². The van der Waals surface area contributed by atoms with E-state index in [1.807, 2.05) is 54.5 Å². The van der Waals surface area contributed by atoms with E-state index in [-0.39, 0.29) is 5.91 Å². The molecule has 0 bridgehead atoms. The molecule has 1 N–H and O–H groups in total. The fourth-order valence-electron chi connectivity index (χ4n) is 4.02. The van der Waals surface area contributed by atoms with Gasteiger partial charge in [0.05, 0.1) is 24.4 Å². The maximum absolute atomic E-state index is 13.4. The van der Waals surface area contributed by atoms with Gasteiger partial charge in [-0.25, -0.2) is 0 Å². The Bertz CT molecular complexity index is 1150. The largest absolute Gasteiger partial charge is 0.354 e. The fourth-order valence-corrected chi connectivity index (χ4v) is 4.02. The number of aryl methyl sites for hydroxylation is 1. The quantitative estimate of drug-likeness (QED) is 0.539. The van der Waals surface area contributed by atoms with Gasteiger partial charge in [-0.05, 0) is 36.1 Å². The number of para-hydroxylation sites is 1. The van der Waals surface area contributed by atoms with Gasteiger partial charge in [-0.2, -0.15) is 5.10 Å². The number of aromatic nitrogens is 3. The van der Waals surface area contributed by atoms with Gasteiger partial charge in [0.1, 0.15) is 0 Å². The lowest BCUT2D eigenvalue weighted by Gasteiger charge is -2.22. The maximum atomic E-state index is 13.4. The first kappa shape index (κ1) is 17.7. The number of carbonyl (C=O) groups excluding carboxylic acids is 1. The van der Waals surface area contributed by atoms with Crippen LogP contribution in [0.1, 0.15) is 24.1 Å². The molecule has 5 nitrogen and oxygen atoms in total. The molecule has 1 saturated carbocycles.